The molecule has 5 heteroatoms. The summed E-state index contributed by atoms with van der Waals surface area (Å²) in [6.07, 6.45) is 10.7. The Hall–Kier alpha value is -2.63. The Morgan fingerprint density at radius 2 is 1.61 bits per heavy atom. The molecule has 2 aromatic carbocycles. The molecule has 0 unspecified atom stereocenters. The molecular formula is C26H30NO4+. The number of nitrogens with two attached hydrogens (primary N) is 1. The number of hydrogen-bond donors (Lipinski definition) is 3. The summed E-state index contributed by atoms with van der Waals surface area (Å²) >= 11 is 0. The highest BCUT2D eigenvalue weighted by molar-refractivity contribution is 5.85. The first-order valence-corrected chi connectivity index (χ1v) is 11.3. The summed E-state index contributed by atoms with van der Waals surface area (Å²) in [6, 6.07) is 14.4. The van der Waals surface area contributed by atoms with Crippen LogP contribution in [0.15, 0.2) is 48.5 Å². The van der Waals surface area contributed by atoms with E-state index in [1.807, 2.05) is 24.3 Å². The van der Waals surface area contributed by atoms with E-state index in [1.165, 1.54) is 44.1 Å². The van der Waals surface area contributed by atoms with Crippen molar-refractivity contribution in [1.29, 1.82) is 0 Å². The summed E-state index contributed by atoms with van der Waals surface area (Å²) in [5.41, 5.74) is 5.70. The van der Waals surface area contributed by atoms with Crippen molar-refractivity contribution in [2.75, 3.05) is 6.73 Å². The number of carboxylic acid groups (broad SMARTS) is 1. The zero-order valence-electron chi connectivity index (χ0n) is 17.7. The van der Waals surface area contributed by atoms with Gasteiger partial charge >= 0.3 is 5.97 Å². The Kier molecular flexibility index (Phi) is 5.32. The minimum Gasteiger partial charge on any atom is -0.478 e. The van der Waals surface area contributed by atoms with E-state index >= 15 is 0 Å². The summed E-state index contributed by atoms with van der Waals surface area (Å²) in [5, 5.41) is 18.0. The summed E-state index contributed by atoms with van der Waals surface area (Å²) in [4.78, 5) is 10.8. The minimum absolute atomic E-state index is 0.194. The van der Waals surface area contributed by atoms with Crippen LogP contribution in [0.2, 0.25) is 0 Å². The smallest absolute Gasteiger partial charge is 0.328 e. The topological polar surface area (TPSA) is 83.4 Å². The van der Waals surface area contributed by atoms with Crippen LogP contribution in [0, 0.1) is 17.8 Å². The Bertz CT molecular complexity index is 960. The molecule has 0 heterocycles. The van der Waals surface area contributed by atoms with Crippen molar-refractivity contribution in [3.8, 4) is 16.9 Å². The maximum Gasteiger partial charge on any atom is 0.328 e. The van der Waals surface area contributed by atoms with Gasteiger partial charge in [-0.25, -0.2) is 10.0 Å². The standard InChI is InChI=1S/C26H29NO4/c28-25(29)8-3-17-1-4-21(5-2-17)22-6-7-24(31-16-27-30)23(12-22)26-13-18-9-19(14-26)11-20(10-18)15-26/h1-8,12,18-20,27,30H,9-11,13-16H2,(H,28,29)/p+1/b8-3+. The third kappa shape index (κ3) is 4.00. The van der Waals surface area contributed by atoms with Crippen LogP contribution in [-0.2, 0) is 10.2 Å². The molecule has 0 atom stereocenters. The molecule has 4 bridgehead atoms. The molecular weight excluding hydrogens is 390 g/mol. The molecule has 0 aliphatic heterocycles. The summed E-state index contributed by atoms with van der Waals surface area (Å²) < 4.78 is 5.97. The quantitative estimate of drug-likeness (QED) is 0.356. The van der Waals surface area contributed by atoms with Crippen molar-refractivity contribution in [1.82, 2.24) is 0 Å². The molecule has 4 N–H and O–H groups in total. The fourth-order valence-electron chi connectivity index (χ4n) is 6.77. The zero-order valence-corrected chi connectivity index (χ0v) is 17.7. The molecule has 4 aliphatic carbocycles. The second-order valence-electron chi connectivity index (χ2n) is 9.70. The lowest BCUT2D eigenvalue weighted by Gasteiger charge is -2.57. The van der Waals surface area contributed by atoms with Crippen molar-refractivity contribution in [3.63, 3.8) is 0 Å². The van der Waals surface area contributed by atoms with E-state index in [0.29, 0.717) is 0 Å². The van der Waals surface area contributed by atoms with Gasteiger partial charge in [-0.2, -0.15) is 5.48 Å². The normalized spacial score (nSPS) is 28.9. The molecule has 5 nitrogen and oxygen atoms in total. The number of hydrogen-bond acceptors (Lipinski definition) is 3. The van der Waals surface area contributed by atoms with Gasteiger partial charge in [0, 0.05) is 11.6 Å². The molecule has 0 amide bonds. The number of ether oxygens (including phenoxy) is 1. The molecule has 4 fully saturated rings. The van der Waals surface area contributed by atoms with E-state index in [0.717, 1.165) is 51.7 Å². The average molecular weight is 421 g/mol. The average Bonchev–Trinajstić information content (AvgIpc) is 2.75. The van der Waals surface area contributed by atoms with Crippen LogP contribution in [-0.4, -0.2) is 23.0 Å². The van der Waals surface area contributed by atoms with Crippen LogP contribution in [0.1, 0.15) is 49.7 Å². The van der Waals surface area contributed by atoms with Crippen molar-refractivity contribution in [2.24, 2.45) is 17.8 Å². The molecule has 0 radical (unpaired) electrons. The first kappa shape index (κ1) is 20.3. The predicted molar refractivity (Wildman–Crippen MR) is 118 cm³/mol. The molecule has 4 aliphatic rings. The second-order valence-corrected chi connectivity index (χ2v) is 9.70. The van der Waals surface area contributed by atoms with Gasteiger partial charge in [0.2, 0.25) is 6.73 Å². The number of quaternary nitrogens is 1. The monoisotopic (exact) mass is 420 g/mol. The molecule has 31 heavy (non-hydrogen) atoms. The van der Waals surface area contributed by atoms with E-state index in [-0.39, 0.29) is 12.1 Å². The number of benzene rings is 2. The lowest BCUT2D eigenvalue weighted by molar-refractivity contribution is -0.900. The van der Waals surface area contributed by atoms with Crippen LogP contribution >= 0.6 is 0 Å². The van der Waals surface area contributed by atoms with Gasteiger partial charge in [-0.3, -0.25) is 0 Å². The van der Waals surface area contributed by atoms with Gasteiger partial charge in [-0.05, 0) is 96.6 Å². The largest absolute Gasteiger partial charge is 0.478 e. The highest BCUT2D eigenvalue weighted by Gasteiger charge is 2.52. The maximum atomic E-state index is 10.8. The Balaban J connectivity index is 1.50. The number of rotatable bonds is 7. The van der Waals surface area contributed by atoms with Gasteiger partial charge < -0.3 is 9.84 Å². The van der Waals surface area contributed by atoms with Gasteiger partial charge in [0.05, 0.1) is 0 Å². The van der Waals surface area contributed by atoms with Crippen LogP contribution < -0.4 is 10.2 Å². The second kappa shape index (κ2) is 8.13. The van der Waals surface area contributed by atoms with Gasteiger partial charge in [-0.15, -0.1) is 0 Å². The Morgan fingerprint density at radius 1 is 1.00 bits per heavy atom. The zero-order chi connectivity index (χ0) is 21.4. The molecule has 0 aromatic heterocycles. The van der Waals surface area contributed by atoms with Crippen molar-refractivity contribution in [3.05, 3.63) is 59.7 Å². The number of hydroxylamine groups is 1. The fourth-order valence-corrected chi connectivity index (χ4v) is 6.77. The Labute approximate surface area is 182 Å². The van der Waals surface area contributed by atoms with E-state index in [9.17, 15) is 10.0 Å². The van der Waals surface area contributed by atoms with Crippen molar-refractivity contribution in [2.45, 2.75) is 43.9 Å². The lowest BCUT2D eigenvalue weighted by Crippen LogP contribution is -2.82. The first-order chi connectivity index (χ1) is 15.0. The van der Waals surface area contributed by atoms with Crippen molar-refractivity contribution >= 4 is 12.0 Å². The third-order valence-electron chi connectivity index (χ3n) is 7.56. The van der Waals surface area contributed by atoms with Crippen LogP contribution in [0.3, 0.4) is 0 Å². The van der Waals surface area contributed by atoms with E-state index in [2.05, 4.69) is 18.2 Å². The van der Waals surface area contributed by atoms with E-state index in [1.54, 1.807) is 6.08 Å². The molecule has 0 saturated heterocycles. The summed E-state index contributed by atoms with van der Waals surface area (Å²) in [7, 11) is 0. The predicted octanol–water partition coefficient (Wildman–Crippen LogP) is 4.21. The van der Waals surface area contributed by atoms with E-state index in [4.69, 9.17) is 9.84 Å². The highest BCUT2D eigenvalue weighted by Crippen LogP contribution is 2.62. The number of carboxylic acids is 1. The summed E-state index contributed by atoms with van der Waals surface area (Å²) in [5.74, 6) is 2.48. The number of carbonyl (C=O) groups is 1. The molecule has 4 saturated carbocycles. The molecule has 0 spiro atoms. The van der Waals surface area contributed by atoms with Gasteiger partial charge in [0.1, 0.15) is 5.75 Å². The Morgan fingerprint density at radius 3 is 2.19 bits per heavy atom. The third-order valence-corrected chi connectivity index (χ3v) is 7.56. The van der Waals surface area contributed by atoms with Gasteiger partial charge in [0.25, 0.3) is 0 Å². The van der Waals surface area contributed by atoms with Crippen molar-refractivity contribution < 1.29 is 25.3 Å². The lowest BCUT2D eigenvalue weighted by atomic mass is 9.48. The molecule has 6 rings (SSSR count). The van der Waals surface area contributed by atoms with Crippen LogP contribution in [0.4, 0.5) is 0 Å². The van der Waals surface area contributed by atoms with Crippen LogP contribution in [0.25, 0.3) is 17.2 Å². The van der Waals surface area contributed by atoms with E-state index < -0.39 is 5.97 Å². The highest BCUT2D eigenvalue weighted by atomic mass is 16.6. The molecule has 2 aromatic rings. The van der Waals surface area contributed by atoms with Crippen LogP contribution in [0.5, 0.6) is 5.75 Å². The first-order valence-electron chi connectivity index (χ1n) is 11.3. The maximum absolute atomic E-state index is 10.8. The SMILES string of the molecule is O=C(O)/C=C/c1ccc(-c2ccc(OC[NH2+]O)c(C34CC5CC(CC(C5)C3)C4)c2)cc1. The minimum atomic E-state index is -0.944. The summed E-state index contributed by atoms with van der Waals surface area (Å²) in [6.45, 7) is 0.198. The van der Waals surface area contributed by atoms with Gasteiger partial charge in [-0.1, -0.05) is 30.3 Å². The fraction of sp³-hybridized carbons (Fsp3) is 0.423. The molecule has 162 valence electrons. The van der Waals surface area contributed by atoms with Gasteiger partial charge in [0.15, 0.2) is 0 Å². The number of aliphatic carboxylic acids is 1.